The minimum absolute atomic E-state index is 0.0174. The summed E-state index contributed by atoms with van der Waals surface area (Å²) >= 11 is 5.71. The van der Waals surface area contributed by atoms with E-state index in [1.165, 1.54) is 6.26 Å². The number of nitrogens with zero attached hydrogens (tertiary/aromatic N) is 1. The Labute approximate surface area is 126 Å². The summed E-state index contributed by atoms with van der Waals surface area (Å²) in [5.74, 6) is -0.781. The summed E-state index contributed by atoms with van der Waals surface area (Å²) in [6.45, 7) is 2.92. The molecule has 1 N–H and O–H groups in total. The fourth-order valence-electron chi connectivity index (χ4n) is 2.71. The Kier molecular flexibility index (Phi) is 4.24. The molecular formula is C15H15ClF2N2O. The first kappa shape index (κ1) is 14.5. The molecule has 0 radical (unpaired) electrons. The second kappa shape index (κ2) is 6.13. The van der Waals surface area contributed by atoms with E-state index in [9.17, 15) is 8.78 Å². The topological polar surface area (TPSA) is 28.4 Å². The number of hydrogen-bond donors (Lipinski definition) is 1. The molecule has 6 heteroatoms. The van der Waals surface area contributed by atoms with Gasteiger partial charge in [0.05, 0.1) is 12.3 Å². The molecule has 1 aliphatic rings. The van der Waals surface area contributed by atoms with Crippen molar-refractivity contribution in [3.8, 4) is 0 Å². The number of furan rings is 1. The van der Waals surface area contributed by atoms with Crippen molar-refractivity contribution < 1.29 is 13.2 Å². The maximum Gasteiger partial charge on any atom is 0.132 e. The zero-order valence-electron chi connectivity index (χ0n) is 11.3. The molecule has 0 amide bonds. The maximum absolute atomic E-state index is 14.3. The van der Waals surface area contributed by atoms with E-state index in [-0.39, 0.29) is 10.6 Å². The Balaban J connectivity index is 2.07. The predicted octanol–water partition coefficient (Wildman–Crippen LogP) is 3.21. The highest BCUT2D eigenvalue weighted by atomic mass is 35.5. The molecule has 2 heterocycles. The lowest BCUT2D eigenvalue weighted by Crippen LogP contribution is -2.45. The Hall–Kier alpha value is -1.43. The van der Waals surface area contributed by atoms with Crippen LogP contribution in [0.4, 0.5) is 8.78 Å². The summed E-state index contributed by atoms with van der Waals surface area (Å²) in [4.78, 5) is 2.00. The van der Waals surface area contributed by atoms with Crippen LogP contribution in [-0.2, 0) is 0 Å². The van der Waals surface area contributed by atoms with Crippen LogP contribution >= 0.6 is 11.6 Å². The zero-order valence-corrected chi connectivity index (χ0v) is 12.0. The lowest BCUT2D eigenvalue weighted by molar-refractivity contribution is 0.173. The van der Waals surface area contributed by atoms with Crippen LogP contribution in [0.1, 0.15) is 17.4 Å². The van der Waals surface area contributed by atoms with E-state index in [2.05, 4.69) is 5.32 Å². The molecule has 1 aromatic heterocycles. The van der Waals surface area contributed by atoms with E-state index in [1.807, 2.05) is 4.90 Å². The number of hydrogen-bond acceptors (Lipinski definition) is 3. The number of halogens is 3. The highest BCUT2D eigenvalue weighted by Crippen LogP contribution is 2.34. The van der Waals surface area contributed by atoms with E-state index in [0.717, 1.165) is 25.2 Å². The first-order chi connectivity index (χ1) is 10.2. The van der Waals surface area contributed by atoms with Gasteiger partial charge in [0, 0.05) is 36.8 Å². The smallest absolute Gasteiger partial charge is 0.132 e. The quantitative estimate of drug-likeness (QED) is 0.943. The molecule has 0 unspecified atom stereocenters. The van der Waals surface area contributed by atoms with Gasteiger partial charge in [0.15, 0.2) is 0 Å². The molecule has 1 atom stereocenters. The molecule has 0 saturated carbocycles. The van der Waals surface area contributed by atoms with Crippen molar-refractivity contribution in [2.24, 2.45) is 0 Å². The van der Waals surface area contributed by atoms with Gasteiger partial charge < -0.3 is 9.73 Å². The normalized spacial score (nSPS) is 17.9. The third kappa shape index (κ3) is 2.95. The van der Waals surface area contributed by atoms with Gasteiger partial charge in [0.2, 0.25) is 0 Å². The minimum Gasteiger partial charge on any atom is -0.467 e. The molecular weight excluding hydrogens is 298 g/mol. The van der Waals surface area contributed by atoms with Crippen molar-refractivity contribution in [3.05, 3.63) is 58.5 Å². The van der Waals surface area contributed by atoms with Crippen LogP contribution < -0.4 is 5.32 Å². The van der Waals surface area contributed by atoms with Crippen molar-refractivity contribution in [1.82, 2.24) is 10.2 Å². The Bertz CT molecular complexity index is 589. The summed E-state index contributed by atoms with van der Waals surface area (Å²) in [6, 6.07) is 5.14. The van der Waals surface area contributed by atoms with Crippen LogP contribution in [0.5, 0.6) is 0 Å². The average Bonchev–Trinajstić information content (AvgIpc) is 2.97. The van der Waals surface area contributed by atoms with E-state index in [0.29, 0.717) is 18.8 Å². The molecule has 3 nitrogen and oxygen atoms in total. The minimum atomic E-state index is -0.653. The van der Waals surface area contributed by atoms with Crippen molar-refractivity contribution in [2.45, 2.75) is 6.04 Å². The fraction of sp³-hybridized carbons (Fsp3) is 0.333. The number of benzene rings is 1. The van der Waals surface area contributed by atoms with E-state index >= 15 is 0 Å². The fourth-order valence-corrected chi connectivity index (χ4v) is 2.90. The SMILES string of the molecule is Fc1cc(Cl)cc(F)c1[C@H](c1ccco1)N1CCNCC1. The molecule has 21 heavy (non-hydrogen) atoms. The van der Waals surface area contributed by atoms with Gasteiger partial charge in [0.1, 0.15) is 17.4 Å². The number of nitrogens with one attached hydrogen (secondary N) is 1. The van der Waals surface area contributed by atoms with E-state index in [1.54, 1.807) is 12.1 Å². The molecule has 1 saturated heterocycles. The van der Waals surface area contributed by atoms with Crippen LogP contribution in [-0.4, -0.2) is 31.1 Å². The van der Waals surface area contributed by atoms with Crippen LogP contribution in [0, 0.1) is 11.6 Å². The largest absolute Gasteiger partial charge is 0.467 e. The molecule has 2 aromatic rings. The van der Waals surface area contributed by atoms with Gasteiger partial charge in [0.25, 0.3) is 0 Å². The van der Waals surface area contributed by atoms with E-state index in [4.69, 9.17) is 16.0 Å². The average molecular weight is 313 g/mol. The monoisotopic (exact) mass is 312 g/mol. The zero-order chi connectivity index (χ0) is 14.8. The molecule has 3 rings (SSSR count). The number of rotatable bonds is 3. The summed E-state index contributed by atoms with van der Waals surface area (Å²) in [5, 5.41) is 3.27. The Morgan fingerprint density at radius 2 is 1.86 bits per heavy atom. The third-order valence-electron chi connectivity index (χ3n) is 3.65. The summed E-state index contributed by atoms with van der Waals surface area (Å²) < 4.78 is 34.0. The van der Waals surface area contributed by atoms with Gasteiger partial charge in [-0.05, 0) is 24.3 Å². The Morgan fingerprint density at radius 1 is 1.19 bits per heavy atom. The van der Waals surface area contributed by atoms with Crippen molar-refractivity contribution in [1.29, 1.82) is 0 Å². The summed E-state index contributed by atoms with van der Waals surface area (Å²) in [5.41, 5.74) is -0.0174. The molecule has 112 valence electrons. The van der Waals surface area contributed by atoms with Crippen LogP contribution in [0.3, 0.4) is 0 Å². The van der Waals surface area contributed by atoms with Crippen molar-refractivity contribution in [2.75, 3.05) is 26.2 Å². The molecule has 0 bridgehead atoms. The van der Waals surface area contributed by atoms with Gasteiger partial charge in [-0.25, -0.2) is 8.78 Å². The molecule has 0 aliphatic carbocycles. The summed E-state index contributed by atoms with van der Waals surface area (Å²) in [7, 11) is 0. The van der Waals surface area contributed by atoms with E-state index < -0.39 is 17.7 Å². The highest BCUT2D eigenvalue weighted by molar-refractivity contribution is 6.30. The number of piperazine rings is 1. The van der Waals surface area contributed by atoms with Crippen molar-refractivity contribution >= 4 is 11.6 Å². The van der Waals surface area contributed by atoms with Gasteiger partial charge in [-0.2, -0.15) is 0 Å². The molecule has 1 fully saturated rings. The van der Waals surface area contributed by atoms with Gasteiger partial charge >= 0.3 is 0 Å². The van der Waals surface area contributed by atoms with Crippen LogP contribution in [0.2, 0.25) is 5.02 Å². The maximum atomic E-state index is 14.3. The van der Waals surface area contributed by atoms with Gasteiger partial charge in [-0.1, -0.05) is 11.6 Å². The third-order valence-corrected chi connectivity index (χ3v) is 3.86. The lowest BCUT2D eigenvalue weighted by atomic mass is 10.0. The molecule has 1 aliphatic heterocycles. The van der Waals surface area contributed by atoms with Crippen LogP contribution in [0.15, 0.2) is 34.9 Å². The predicted molar refractivity (Wildman–Crippen MR) is 76.4 cm³/mol. The first-order valence-corrected chi connectivity index (χ1v) is 7.17. The highest BCUT2D eigenvalue weighted by Gasteiger charge is 2.31. The van der Waals surface area contributed by atoms with Gasteiger partial charge in [-0.15, -0.1) is 0 Å². The summed E-state index contributed by atoms with van der Waals surface area (Å²) in [6.07, 6.45) is 1.51. The lowest BCUT2D eigenvalue weighted by Gasteiger charge is -2.34. The molecule has 1 aromatic carbocycles. The second-order valence-corrected chi connectivity index (χ2v) is 5.42. The standard InChI is InChI=1S/C15H15ClF2N2O/c16-10-8-11(17)14(12(18)9-10)15(13-2-1-7-21-13)20-5-3-19-4-6-20/h1-2,7-9,15,19H,3-6H2/t15-/m0/s1. The van der Waals surface area contributed by atoms with Crippen LogP contribution in [0.25, 0.3) is 0 Å². The van der Waals surface area contributed by atoms with Crippen molar-refractivity contribution in [3.63, 3.8) is 0 Å². The first-order valence-electron chi connectivity index (χ1n) is 6.79. The van der Waals surface area contributed by atoms with Gasteiger partial charge in [-0.3, -0.25) is 4.90 Å². The molecule has 0 spiro atoms. The Morgan fingerprint density at radius 3 is 2.43 bits per heavy atom. The second-order valence-electron chi connectivity index (χ2n) is 4.99.